The summed E-state index contributed by atoms with van der Waals surface area (Å²) in [5, 5.41) is 12.2. The van der Waals surface area contributed by atoms with E-state index in [1.165, 1.54) is 11.3 Å². The van der Waals surface area contributed by atoms with E-state index in [4.69, 9.17) is 4.52 Å². The predicted molar refractivity (Wildman–Crippen MR) is 91.3 cm³/mol. The topological polar surface area (TPSA) is 89.9 Å². The van der Waals surface area contributed by atoms with Gasteiger partial charge in [-0.3, -0.25) is 4.79 Å². The van der Waals surface area contributed by atoms with Crippen molar-refractivity contribution in [3.63, 3.8) is 0 Å². The number of nitrogens with zero attached hydrogens (tertiary/aromatic N) is 6. The van der Waals surface area contributed by atoms with E-state index in [1.807, 2.05) is 30.9 Å². The number of hydrogen-bond donors (Lipinski definition) is 0. The third-order valence-electron chi connectivity index (χ3n) is 4.29. The average Bonchev–Trinajstić information content (AvgIpc) is 3.37. The molecule has 1 fully saturated rings. The number of aromatic nitrogens is 5. The lowest BCUT2D eigenvalue weighted by molar-refractivity contribution is 0.0791. The lowest BCUT2D eigenvalue weighted by Crippen LogP contribution is -2.28. The number of thiophene rings is 1. The molecule has 1 aliphatic heterocycles. The van der Waals surface area contributed by atoms with Crippen molar-refractivity contribution in [3.8, 4) is 11.6 Å². The van der Waals surface area contributed by atoms with Crippen LogP contribution in [0.4, 0.5) is 0 Å². The summed E-state index contributed by atoms with van der Waals surface area (Å²) in [5.41, 5.74) is 0.561. The van der Waals surface area contributed by atoms with Crippen molar-refractivity contribution >= 4 is 17.2 Å². The number of likely N-dealkylation sites (tertiary alicyclic amines) is 1. The summed E-state index contributed by atoms with van der Waals surface area (Å²) < 4.78 is 6.99. The summed E-state index contributed by atoms with van der Waals surface area (Å²) in [6, 6.07) is 3.98. The molecule has 0 saturated carbocycles. The van der Waals surface area contributed by atoms with Crippen LogP contribution in [0.5, 0.6) is 0 Å². The molecule has 130 valence electrons. The van der Waals surface area contributed by atoms with Crippen molar-refractivity contribution in [1.29, 1.82) is 0 Å². The third kappa shape index (κ3) is 3.07. The van der Waals surface area contributed by atoms with Gasteiger partial charge in [-0.2, -0.15) is 4.98 Å². The number of hydrogen-bond acceptors (Lipinski definition) is 7. The van der Waals surface area contributed by atoms with Gasteiger partial charge in [-0.25, -0.2) is 4.68 Å². The Hall–Kier alpha value is -2.55. The van der Waals surface area contributed by atoms with Crippen LogP contribution in [0.15, 0.2) is 22.9 Å². The standard InChI is InChI=1S/C16H18N6O2S/c1-3-14-17-15(24-19-14)12-9-22(20-18-12)11-6-7-21(8-11)16(23)13-5-4-10(2)25-13/h4-5,9,11H,3,6-8H2,1-2H3. The Morgan fingerprint density at radius 2 is 2.32 bits per heavy atom. The minimum Gasteiger partial charge on any atom is -0.336 e. The predicted octanol–water partition coefficient (Wildman–Crippen LogP) is 2.35. The molecule has 0 aliphatic carbocycles. The SMILES string of the molecule is CCc1noc(-c2cn(C3CCN(C(=O)c4ccc(C)s4)C3)nn2)n1. The van der Waals surface area contributed by atoms with Gasteiger partial charge in [-0.1, -0.05) is 17.3 Å². The summed E-state index contributed by atoms with van der Waals surface area (Å²) in [6.45, 7) is 5.32. The third-order valence-corrected chi connectivity index (χ3v) is 5.28. The molecule has 1 unspecified atom stereocenters. The second-order valence-electron chi connectivity index (χ2n) is 6.06. The fourth-order valence-electron chi connectivity index (χ4n) is 2.90. The van der Waals surface area contributed by atoms with E-state index in [-0.39, 0.29) is 11.9 Å². The van der Waals surface area contributed by atoms with Crippen LogP contribution in [-0.4, -0.2) is 49.0 Å². The Bertz CT molecular complexity index is 898. The summed E-state index contributed by atoms with van der Waals surface area (Å²) in [6.07, 6.45) is 3.36. The Morgan fingerprint density at radius 1 is 1.44 bits per heavy atom. The molecule has 9 heteroatoms. The molecule has 1 aliphatic rings. The van der Waals surface area contributed by atoms with Crippen LogP contribution in [-0.2, 0) is 6.42 Å². The first-order valence-corrected chi connectivity index (χ1v) is 9.06. The molecule has 4 rings (SSSR count). The van der Waals surface area contributed by atoms with E-state index < -0.39 is 0 Å². The van der Waals surface area contributed by atoms with E-state index in [0.29, 0.717) is 30.4 Å². The van der Waals surface area contributed by atoms with Crippen molar-refractivity contribution < 1.29 is 9.32 Å². The summed E-state index contributed by atoms with van der Waals surface area (Å²) >= 11 is 1.53. The fourth-order valence-corrected chi connectivity index (χ4v) is 3.74. The maximum absolute atomic E-state index is 12.6. The molecule has 3 aromatic rings. The zero-order chi connectivity index (χ0) is 17.4. The quantitative estimate of drug-likeness (QED) is 0.711. The van der Waals surface area contributed by atoms with Crippen LogP contribution in [0.1, 0.15) is 39.8 Å². The first-order valence-electron chi connectivity index (χ1n) is 8.24. The van der Waals surface area contributed by atoms with Gasteiger partial charge in [0.1, 0.15) is 0 Å². The number of amides is 1. The van der Waals surface area contributed by atoms with Gasteiger partial charge in [0, 0.05) is 24.4 Å². The molecule has 1 saturated heterocycles. The average molecular weight is 358 g/mol. The van der Waals surface area contributed by atoms with E-state index in [0.717, 1.165) is 22.7 Å². The minimum absolute atomic E-state index is 0.0884. The number of rotatable bonds is 4. The summed E-state index contributed by atoms with van der Waals surface area (Å²) in [4.78, 5) is 20.6. The second-order valence-corrected chi connectivity index (χ2v) is 7.34. The van der Waals surface area contributed by atoms with E-state index in [2.05, 4.69) is 20.5 Å². The Morgan fingerprint density at radius 3 is 3.04 bits per heavy atom. The molecule has 0 aromatic carbocycles. The van der Waals surface area contributed by atoms with Gasteiger partial charge in [0.05, 0.1) is 17.1 Å². The van der Waals surface area contributed by atoms with Crippen LogP contribution in [0.2, 0.25) is 0 Å². The van der Waals surface area contributed by atoms with Crippen molar-refractivity contribution in [2.75, 3.05) is 13.1 Å². The molecule has 4 heterocycles. The van der Waals surface area contributed by atoms with E-state index >= 15 is 0 Å². The molecule has 1 amide bonds. The molecule has 0 radical (unpaired) electrons. The van der Waals surface area contributed by atoms with Gasteiger partial charge in [0.2, 0.25) is 0 Å². The molecular weight excluding hydrogens is 340 g/mol. The first kappa shape index (κ1) is 15.9. The first-order chi connectivity index (χ1) is 12.1. The van der Waals surface area contributed by atoms with Gasteiger partial charge in [-0.15, -0.1) is 16.4 Å². The maximum Gasteiger partial charge on any atom is 0.280 e. The second kappa shape index (κ2) is 6.40. The highest BCUT2D eigenvalue weighted by molar-refractivity contribution is 7.13. The molecule has 25 heavy (non-hydrogen) atoms. The molecule has 1 atom stereocenters. The fraction of sp³-hybridized carbons (Fsp3) is 0.438. The van der Waals surface area contributed by atoms with Gasteiger partial charge in [-0.05, 0) is 25.5 Å². The number of carbonyl (C=O) groups excluding carboxylic acids is 1. The van der Waals surface area contributed by atoms with E-state index in [1.54, 1.807) is 10.9 Å². The van der Waals surface area contributed by atoms with Crippen LogP contribution >= 0.6 is 11.3 Å². The number of carbonyl (C=O) groups is 1. The molecular formula is C16H18N6O2S. The minimum atomic E-state index is 0.0884. The van der Waals surface area contributed by atoms with Crippen molar-refractivity contribution in [2.45, 2.75) is 32.7 Å². The molecule has 8 nitrogen and oxygen atoms in total. The lowest BCUT2D eigenvalue weighted by Gasteiger charge is -2.15. The van der Waals surface area contributed by atoms with Crippen LogP contribution in [0.25, 0.3) is 11.6 Å². The van der Waals surface area contributed by atoms with Gasteiger partial charge in [0.15, 0.2) is 11.5 Å². The molecule has 0 spiro atoms. The monoisotopic (exact) mass is 358 g/mol. The Labute approximate surface area is 148 Å². The zero-order valence-corrected chi connectivity index (χ0v) is 14.9. The van der Waals surface area contributed by atoms with Crippen molar-refractivity contribution in [3.05, 3.63) is 33.9 Å². The Kier molecular flexibility index (Phi) is 4.08. The van der Waals surface area contributed by atoms with Crippen LogP contribution in [0.3, 0.4) is 0 Å². The lowest BCUT2D eigenvalue weighted by atomic mass is 10.3. The summed E-state index contributed by atoms with van der Waals surface area (Å²) in [7, 11) is 0. The number of aryl methyl sites for hydroxylation is 2. The van der Waals surface area contributed by atoms with Crippen LogP contribution in [0, 0.1) is 6.92 Å². The van der Waals surface area contributed by atoms with Crippen molar-refractivity contribution in [1.82, 2.24) is 30.0 Å². The molecule has 0 bridgehead atoms. The largest absolute Gasteiger partial charge is 0.336 e. The molecule has 3 aromatic heterocycles. The van der Waals surface area contributed by atoms with E-state index in [9.17, 15) is 4.79 Å². The smallest absolute Gasteiger partial charge is 0.280 e. The normalized spacial score (nSPS) is 17.4. The zero-order valence-electron chi connectivity index (χ0n) is 14.0. The highest BCUT2D eigenvalue weighted by Crippen LogP contribution is 2.26. The highest BCUT2D eigenvalue weighted by atomic mass is 32.1. The van der Waals surface area contributed by atoms with Crippen molar-refractivity contribution in [2.24, 2.45) is 0 Å². The summed E-state index contributed by atoms with van der Waals surface area (Å²) in [5.74, 6) is 1.11. The van der Waals surface area contributed by atoms with Crippen LogP contribution < -0.4 is 0 Å². The van der Waals surface area contributed by atoms with Gasteiger partial charge in [0.25, 0.3) is 11.8 Å². The highest BCUT2D eigenvalue weighted by Gasteiger charge is 2.29. The van der Waals surface area contributed by atoms with Gasteiger partial charge < -0.3 is 9.42 Å². The maximum atomic E-state index is 12.6. The van der Waals surface area contributed by atoms with Gasteiger partial charge >= 0.3 is 0 Å². The molecule has 0 N–H and O–H groups in total. The Balaban J connectivity index is 1.46.